The van der Waals surface area contributed by atoms with Crippen LogP contribution in [0.1, 0.15) is 60.5 Å². The van der Waals surface area contributed by atoms with Crippen LogP contribution in [0.5, 0.6) is 0 Å². The fraction of sp³-hybridized carbons (Fsp3) is 0.348. The molecule has 0 radical (unpaired) electrons. The van der Waals surface area contributed by atoms with Gasteiger partial charge in [-0.05, 0) is 44.6 Å². The van der Waals surface area contributed by atoms with Crippen LogP contribution in [-0.2, 0) is 0 Å². The van der Waals surface area contributed by atoms with Crippen LogP contribution >= 0.6 is 0 Å². The molecule has 7 nitrogen and oxygen atoms in total. The van der Waals surface area contributed by atoms with Gasteiger partial charge >= 0.3 is 0 Å². The number of nitrogens with zero attached hydrogens (tertiary/aromatic N) is 4. The topological polar surface area (TPSA) is 78.3 Å². The van der Waals surface area contributed by atoms with Crippen molar-refractivity contribution in [2.24, 2.45) is 0 Å². The standard InChI is InChI=1S/C23H26N6O/c1-14(2)22-25-13-17-9-15(6-8-29(17)22)23(30)27-21-11-18-16(12-24-21)10-19(26-18)20-5-4-7-28(20)3/h6,8-14,20,26H,4-5,7H2,1-3H3,(H,24,27,30)/t20-/m1/s1. The molecule has 4 aromatic rings. The molecule has 1 atom stereocenters. The smallest absolute Gasteiger partial charge is 0.256 e. The number of rotatable bonds is 4. The van der Waals surface area contributed by atoms with Gasteiger partial charge in [-0.1, -0.05) is 13.8 Å². The van der Waals surface area contributed by atoms with Crippen LogP contribution in [-0.4, -0.2) is 43.8 Å². The van der Waals surface area contributed by atoms with Gasteiger partial charge in [-0.25, -0.2) is 9.97 Å². The largest absolute Gasteiger partial charge is 0.357 e. The van der Waals surface area contributed by atoms with Crippen LogP contribution in [0, 0.1) is 0 Å². The van der Waals surface area contributed by atoms with Crippen LogP contribution < -0.4 is 5.32 Å². The molecule has 30 heavy (non-hydrogen) atoms. The molecule has 0 unspecified atom stereocenters. The fourth-order valence-corrected chi connectivity index (χ4v) is 4.38. The number of carbonyl (C=O) groups is 1. The highest BCUT2D eigenvalue weighted by Crippen LogP contribution is 2.32. The molecule has 0 aromatic carbocycles. The van der Waals surface area contributed by atoms with Crippen LogP contribution in [0.2, 0.25) is 0 Å². The van der Waals surface area contributed by atoms with E-state index in [1.807, 2.05) is 35.0 Å². The van der Waals surface area contributed by atoms with E-state index in [0.717, 1.165) is 35.2 Å². The number of hydrogen-bond acceptors (Lipinski definition) is 4. The molecule has 5 rings (SSSR count). The van der Waals surface area contributed by atoms with Gasteiger partial charge in [-0.3, -0.25) is 9.69 Å². The predicted molar refractivity (Wildman–Crippen MR) is 118 cm³/mol. The molecule has 1 fully saturated rings. The molecule has 154 valence electrons. The molecule has 0 spiro atoms. The minimum absolute atomic E-state index is 0.182. The maximum Gasteiger partial charge on any atom is 0.256 e. The maximum absolute atomic E-state index is 12.8. The van der Waals surface area contributed by atoms with Gasteiger partial charge in [-0.2, -0.15) is 0 Å². The Morgan fingerprint density at radius 1 is 1.23 bits per heavy atom. The summed E-state index contributed by atoms with van der Waals surface area (Å²) in [5, 5.41) is 3.98. The number of imidazole rings is 1. The fourth-order valence-electron chi connectivity index (χ4n) is 4.38. The molecule has 1 saturated heterocycles. The lowest BCUT2D eigenvalue weighted by atomic mass is 10.1. The molecule has 1 aliphatic rings. The van der Waals surface area contributed by atoms with E-state index in [2.05, 4.69) is 52.1 Å². The van der Waals surface area contributed by atoms with Crippen molar-refractivity contribution in [3.63, 3.8) is 0 Å². The first-order chi connectivity index (χ1) is 14.5. The van der Waals surface area contributed by atoms with Gasteiger partial charge in [0.2, 0.25) is 0 Å². The summed E-state index contributed by atoms with van der Waals surface area (Å²) in [6, 6.07) is 8.17. The lowest BCUT2D eigenvalue weighted by Gasteiger charge is -2.17. The third-order valence-corrected chi connectivity index (χ3v) is 5.99. The zero-order valence-corrected chi connectivity index (χ0v) is 17.5. The van der Waals surface area contributed by atoms with Crippen molar-refractivity contribution < 1.29 is 4.79 Å². The number of hydrogen-bond donors (Lipinski definition) is 2. The van der Waals surface area contributed by atoms with Gasteiger partial charge < -0.3 is 14.7 Å². The summed E-state index contributed by atoms with van der Waals surface area (Å²) >= 11 is 0. The van der Waals surface area contributed by atoms with E-state index in [4.69, 9.17) is 0 Å². The Hall–Kier alpha value is -3.19. The number of fused-ring (bicyclic) bond motifs is 2. The lowest BCUT2D eigenvalue weighted by molar-refractivity contribution is 0.102. The Kier molecular flexibility index (Phi) is 4.55. The molecule has 0 saturated carbocycles. The third kappa shape index (κ3) is 3.25. The first-order valence-electron chi connectivity index (χ1n) is 10.5. The Bertz CT molecular complexity index is 1240. The van der Waals surface area contributed by atoms with Gasteiger partial charge in [0.15, 0.2) is 0 Å². The number of likely N-dealkylation sites (tertiary alicyclic amines) is 1. The molecular weight excluding hydrogens is 376 g/mol. The number of amides is 1. The highest BCUT2D eigenvalue weighted by molar-refractivity contribution is 6.05. The Labute approximate surface area is 175 Å². The molecule has 4 aromatic heterocycles. The molecular formula is C23H26N6O. The summed E-state index contributed by atoms with van der Waals surface area (Å²) in [4.78, 5) is 27.6. The summed E-state index contributed by atoms with van der Waals surface area (Å²) in [6.45, 7) is 5.34. The van der Waals surface area contributed by atoms with Crippen molar-refractivity contribution >= 4 is 28.1 Å². The molecule has 2 N–H and O–H groups in total. The van der Waals surface area contributed by atoms with E-state index in [9.17, 15) is 4.79 Å². The predicted octanol–water partition coefficient (Wildman–Crippen LogP) is 4.35. The molecule has 0 bridgehead atoms. The Balaban J connectivity index is 1.38. The first kappa shape index (κ1) is 18.8. The lowest BCUT2D eigenvalue weighted by Crippen LogP contribution is -2.17. The van der Waals surface area contributed by atoms with Crippen molar-refractivity contribution in [1.29, 1.82) is 0 Å². The summed E-state index contributed by atoms with van der Waals surface area (Å²) in [6.07, 6.45) is 7.90. The van der Waals surface area contributed by atoms with Crippen molar-refractivity contribution in [2.75, 3.05) is 18.9 Å². The van der Waals surface area contributed by atoms with E-state index < -0.39 is 0 Å². The van der Waals surface area contributed by atoms with E-state index in [0.29, 0.717) is 23.3 Å². The van der Waals surface area contributed by atoms with E-state index in [1.54, 1.807) is 6.20 Å². The molecule has 1 amide bonds. The zero-order valence-electron chi connectivity index (χ0n) is 17.5. The van der Waals surface area contributed by atoms with Crippen LogP contribution in [0.3, 0.4) is 0 Å². The highest BCUT2D eigenvalue weighted by Gasteiger charge is 2.24. The quantitative estimate of drug-likeness (QED) is 0.532. The van der Waals surface area contributed by atoms with Gasteiger partial charge in [0.1, 0.15) is 11.6 Å². The zero-order chi connectivity index (χ0) is 20.8. The second kappa shape index (κ2) is 7.25. The number of carbonyl (C=O) groups excluding carboxylic acids is 1. The van der Waals surface area contributed by atoms with Gasteiger partial charge in [0, 0.05) is 47.1 Å². The van der Waals surface area contributed by atoms with E-state index in [-0.39, 0.29) is 5.91 Å². The van der Waals surface area contributed by atoms with Crippen molar-refractivity contribution in [3.8, 4) is 0 Å². The minimum atomic E-state index is -0.182. The van der Waals surface area contributed by atoms with Gasteiger partial charge in [-0.15, -0.1) is 0 Å². The molecule has 1 aliphatic heterocycles. The van der Waals surface area contributed by atoms with Gasteiger partial charge in [0.05, 0.1) is 17.2 Å². The third-order valence-electron chi connectivity index (χ3n) is 5.99. The number of aromatic amines is 1. The normalized spacial score (nSPS) is 17.4. The average molecular weight is 403 g/mol. The maximum atomic E-state index is 12.8. The number of H-pyrrole nitrogens is 1. The highest BCUT2D eigenvalue weighted by atomic mass is 16.1. The number of nitrogens with one attached hydrogen (secondary N) is 2. The van der Waals surface area contributed by atoms with Crippen LogP contribution in [0.4, 0.5) is 5.82 Å². The second-order valence-corrected chi connectivity index (χ2v) is 8.46. The SMILES string of the molecule is CC(C)c1ncc2cc(C(=O)Nc3cc4[nH]c([C@H]5CCCN5C)cc4cn3)ccn12. The summed E-state index contributed by atoms with van der Waals surface area (Å²) < 4.78 is 2.02. The van der Waals surface area contributed by atoms with E-state index >= 15 is 0 Å². The van der Waals surface area contributed by atoms with Crippen molar-refractivity contribution in [3.05, 3.63) is 59.9 Å². The number of anilines is 1. The summed E-state index contributed by atoms with van der Waals surface area (Å²) in [7, 11) is 2.16. The number of pyridine rings is 2. The average Bonchev–Trinajstić information content (AvgIpc) is 3.44. The molecule has 0 aliphatic carbocycles. The summed E-state index contributed by atoms with van der Waals surface area (Å²) in [5.41, 5.74) is 3.69. The van der Waals surface area contributed by atoms with E-state index in [1.165, 1.54) is 12.1 Å². The van der Waals surface area contributed by atoms with Crippen molar-refractivity contribution in [2.45, 2.75) is 38.6 Å². The second-order valence-electron chi connectivity index (χ2n) is 8.46. The molecule has 5 heterocycles. The minimum Gasteiger partial charge on any atom is -0.357 e. The summed E-state index contributed by atoms with van der Waals surface area (Å²) in [5.74, 6) is 1.66. The van der Waals surface area contributed by atoms with Crippen LogP contribution in [0.25, 0.3) is 16.4 Å². The number of aromatic nitrogens is 4. The monoisotopic (exact) mass is 402 g/mol. The van der Waals surface area contributed by atoms with Crippen LogP contribution in [0.15, 0.2) is 42.9 Å². The van der Waals surface area contributed by atoms with Crippen molar-refractivity contribution in [1.82, 2.24) is 24.3 Å². The Morgan fingerprint density at radius 3 is 2.87 bits per heavy atom. The Morgan fingerprint density at radius 2 is 2.10 bits per heavy atom. The van der Waals surface area contributed by atoms with Gasteiger partial charge in [0.25, 0.3) is 5.91 Å². The molecule has 7 heteroatoms. The first-order valence-corrected chi connectivity index (χ1v) is 10.5.